The summed E-state index contributed by atoms with van der Waals surface area (Å²) in [6.07, 6.45) is 3.94. The summed E-state index contributed by atoms with van der Waals surface area (Å²) in [6.45, 7) is 11.0. The van der Waals surface area contributed by atoms with Crippen molar-refractivity contribution in [3.63, 3.8) is 0 Å². The van der Waals surface area contributed by atoms with Crippen molar-refractivity contribution in [3.05, 3.63) is 0 Å². The predicted molar refractivity (Wildman–Crippen MR) is 60.4 cm³/mol. The van der Waals surface area contributed by atoms with Crippen LogP contribution in [0.25, 0.3) is 0 Å². The van der Waals surface area contributed by atoms with Crippen LogP contribution in [-0.2, 0) is 0 Å². The molecule has 0 bridgehead atoms. The molecule has 1 fully saturated rings. The third-order valence-electron chi connectivity index (χ3n) is 3.36. The molecule has 1 N–H and O–H groups in total. The Kier molecular flexibility index (Phi) is 3.59. The van der Waals surface area contributed by atoms with Crippen LogP contribution in [0.5, 0.6) is 0 Å². The third-order valence-corrected chi connectivity index (χ3v) is 3.36. The van der Waals surface area contributed by atoms with Crippen molar-refractivity contribution in [3.8, 4) is 0 Å². The molecule has 1 aliphatic rings. The highest BCUT2D eigenvalue weighted by Crippen LogP contribution is 2.29. The second-order valence-electron chi connectivity index (χ2n) is 5.63. The van der Waals surface area contributed by atoms with E-state index < -0.39 is 0 Å². The molecule has 0 saturated carbocycles. The topological polar surface area (TPSA) is 23.5 Å². The second kappa shape index (κ2) is 4.19. The molecule has 0 atom stereocenters. The summed E-state index contributed by atoms with van der Waals surface area (Å²) in [5.41, 5.74) is -0.107. The maximum Gasteiger partial charge on any atom is 0.0672 e. The smallest absolute Gasteiger partial charge is 0.0672 e. The molecule has 1 aliphatic heterocycles. The number of hydrogen-bond donors (Lipinski definition) is 1. The normalized spacial score (nSPS) is 23.8. The van der Waals surface area contributed by atoms with Gasteiger partial charge in [0.05, 0.1) is 5.60 Å². The standard InChI is InChI=1S/C12H25NO/c1-5-6-12(14)7-9-13(10-8-12)11(2,3)4/h14H,5-10H2,1-4H3. The van der Waals surface area contributed by atoms with Crippen LogP contribution in [0.3, 0.4) is 0 Å². The van der Waals surface area contributed by atoms with Crippen LogP contribution in [-0.4, -0.2) is 34.2 Å². The van der Waals surface area contributed by atoms with Crippen LogP contribution in [0.1, 0.15) is 53.4 Å². The first-order valence-corrected chi connectivity index (χ1v) is 5.85. The van der Waals surface area contributed by atoms with Crippen LogP contribution in [0.2, 0.25) is 0 Å². The van der Waals surface area contributed by atoms with Gasteiger partial charge >= 0.3 is 0 Å². The second-order valence-corrected chi connectivity index (χ2v) is 5.63. The molecule has 1 heterocycles. The largest absolute Gasteiger partial charge is 0.390 e. The van der Waals surface area contributed by atoms with Gasteiger partial charge in [-0.3, -0.25) is 4.90 Å². The lowest BCUT2D eigenvalue weighted by molar-refractivity contribution is -0.0471. The zero-order valence-corrected chi connectivity index (χ0v) is 10.1. The van der Waals surface area contributed by atoms with Gasteiger partial charge in [-0.25, -0.2) is 0 Å². The highest BCUT2D eigenvalue weighted by atomic mass is 16.3. The molecule has 0 aromatic rings. The number of rotatable bonds is 2. The highest BCUT2D eigenvalue weighted by molar-refractivity contribution is 4.89. The minimum absolute atomic E-state index is 0.257. The van der Waals surface area contributed by atoms with Gasteiger partial charge in [-0.1, -0.05) is 13.3 Å². The van der Waals surface area contributed by atoms with Crippen LogP contribution in [0.4, 0.5) is 0 Å². The minimum Gasteiger partial charge on any atom is -0.390 e. The van der Waals surface area contributed by atoms with Crippen molar-refractivity contribution < 1.29 is 5.11 Å². The Morgan fingerprint density at radius 2 is 1.71 bits per heavy atom. The van der Waals surface area contributed by atoms with Crippen LogP contribution >= 0.6 is 0 Å². The van der Waals surface area contributed by atoms with Crippen LogP contribution in [0.15, 0.2) is 0 Å². The van der Waals surface area contributed by atoms with E-state index in [1.54, 1.807) is 0 Å². The molecule has 0 amide bonds. The molecular formula is C12H25NO. The van der Waals surface area contributed by atoms with E-state index in [0.29, 0.717) is 0 Å². The quantitative estimate of drug-likeness (QED) is 0.738. The lowest BCUT2D eigenvalue weighted by Crippen LogP contribution is -2.51. The maximum atomic E-state index is 10.2. The number of aliphatic hydroxyl groups is 1. The summed E-state index contributed by atoms with van der Waals surface area (Å²) in [5, 5.41) is 10.2. The van der Waals surface area contributed by atoms with Crippen molar-refractivity contribution in [2.75, 3.05) is 13.1 Å². The molecular weight excluding hydrogens is 174 g/mol. The molecule has 1 rings (SSSR count). The molecule has 14 heavy (non-hydrogen) atoms. The van der Waals surface area contributed by atoms with Crippen molar-refractivity contribution in [1.82, 2.24) is 4.90 Å². The fraction of sp³-hybridized carbons (Fsp3) is 1.00. The van der Waals surface area contributed by atoms with E-state index in [0.717, 1.165) is 38.8 Å². The summed E-state index contributed by atoms with van der Waals surface area (Å²) in [4.78, 5) is 2.47. The van der Waals surface area contributed by atoms with Crippen LogP contribution in [0, 0.1) is 0 Å². The molecule has 0 radical (unpaired) electrons. The average molecular weight is 199 g/mol. The summed E-state index contributed by atoms with van der Waals surface area (Å²) in [7, 11) is 0. The molecule has 1 saturated heterocycles. The molecule has 0 aromatic heterocycles. The van der Waals surface area contributed by atoms with Gasteiger partial charge in [0, 0.05) is 18.6 Å². The number of likely N-dealkylation sites (tertiary alicyclic amines) is 1. The zero-order valence-electron chi connectivity index (χ0n) is 10.1. The molecule has 84 valence electrons. The Bertz CT molecular complexity index is 175. The van der Waals surface area contributed by atoms with E-state index in [4.69, 9.17) is 0 Å². The molecule has 0 unspecified atom stereocenters. The first-order valence-electron chi connectivity index (χ1n) is 5.85. The van der Waals surface area contributed by atoms with Gasteiger partial charge in [0.1, 0.15) is 0 Å². The lowest BCUT2D eigenvalue weighted by Gasteiger charge is -2.44. The Hall–Kier alpha value is -0.0800. The van der Waals surface area contributed by atoms with Gasteiger partial charge in [0.15, 0.2) is 0 Å². The summed E-state index contributed by atoms with van der Waals surface area (Å²) in [6, 6.07) is 0. The monoisotopic (exact) mass is 199 g/mol. The fourth-order valence-electron chi connectivity index (χ4n) is 2.31. The Balaban J connectivity index is 2.45. The van der Waals surface area contributed by atoms with Gasteiger partial charge < -0.3 is 5.11 Å². The maximum absolute atomic E-state index is 10.2. The van der Waals surface area contributed by atoms with Gasteiger partial charge in [0.25, 0.3) is 0 Å². The fourth-order valence-corrected chi connectivity index (χ4v) is 2.31. The molecule has 0 spiro atoms. The van der Waals surface area contributed by atoms with Gasteiger partial charge in [-0.15, -0.1) is 0 Å². The Morgan fingerprint density at radius 3 is 2.07 bits per heavy atom. The molecule has 0 aliphatic carbocycles. The van der Waals surface area contributed by atoms with E-state index >= 15 is 0 Å². The Labute approximate surface area is 88.3 Å². The average Bonchev–Trinajstić information content (AvgIpc) is 2.03. The van der Waals surface area contributed by atoms with Crippen molar-refractivity contribution >= 4 is 0 Å². The lowest BCUT2D eigenvalue weighted by atomic mass is 9.85. The zero-order chi connectivity index (χ0) is 10.8. The van der Waals surface area contributed by atoms with Crippen molar-refractivity contribution in [1.29, 1.82) is 0 Å². The van der Waals surface area contributed by atoms with Gasteiger partial charge in [0.2, 0.25) is 0 Å². The van der Waals surface area contributed by atoms with E-state index in [9.17, 15) is 5.11 Å². The number of piperidine rings is 1. The van der Waals surface area contributed by atoms with Crippen LogP contribution < -0.4 is 0 Å². The van der Waals surface area contributed by atoms with E-state index in [2.05, 4.69) is 32.6 Å². The van der Waals surface area contributed by atoms with E-state index in [1.165, 1.54) is 0 Å². The third kappa shape index (κ3) is 2.96. The number of nitrogens with zero attached hydrogens (tertiary/aromatic N) is 1. The van der Waals surface area contributed by atoms with Gasteiger partial charge in [-0.2, -0.15) is 0 Å². The van der Waals surface area contributed by atoms with E-state index in [1.807, 2.05) is 0 Å². The Morgan fingerprint density at radius 1 is 1.21 bits per heavy atom. The molecule has 2 nitrogen and oxygen atoms in total. The van der Waals surface area contributed by atoms with Gasteiger partial charge in [-0.05, 0) is 40.0 Å². The summed E-state index contributed by atoms with van der Waals surface area (Å²) < 4.78 is 0. The number of hydrogen-bond acceptors (Lipinski definition) is 2. The summed E-state index contributed by atoms with van der Waals surface area (Å²) >= 11 is 0. The highest BCUT2D eigenvalue weighted by Gasteiger charge is 2.34. The minimum atomic E-state index is -0.365. The summed E-state index contributed by atoms with van der Waals surface area (Å²) in [5.74, 6) is 0. The first kappa shape index (κ1) is 12.0. The van der Waals surface area contributed by atoms with Crippen molar-refractivity contribution in [2.24, 2.45) is 0 Å². The molecule has 0 aromatic carbocycles. The van der Waals surface area contributed by atoms with E-state index in [-0.39, 0.29) is 11.1 Å². The first-order chi connectivity index (χ1) is 6.37. The predicted octanol–water partition coefficient (Wildman–Crippen LogP) is 2.41. The SMILES string of the molecule is CCCC1(O)CCN(C(C)(C)C)CC1. The molecule has 2 heteroatoms. The van der Waals surface area contributed by atoms with Crippen molar-refractivity contribution in [2.45, 2.75) is 64.5 Å².